The summed E-state index contributed by atoms with van der Waals surface area (Å²) in [6, 6.07) is 4.37. The van der Waals surface area contributed by atoms with Gasteiger partial charge < -0.3 is 9.52 Å². The first-order valence-electron chi connectivity index (χ1n) is 3.25. The fraction of sp³-hybridized carbons (Fsp3) is 0. The number of fused-ring (bicyclic) bond motifs is 1. The maximum atomic E-state index is 13.0. The normalized spacial score (nSPS) is 10.8. The Labute approximate surface area is 75.7 Å². The predicted molar refractivity (Wildman–Crippen MR) is 45.5 cm³/mol. The predicted octanol–water partition coefficient (Wildman–Crippen LogP) is 3.04. The third-order valence-electron chi connectivity index (χ3n) is 1.60. The van der Waals surface area contributed by atoms with Crippen LogP contribution in [-0.2, 0) is 0 Å². The first-order valence-corrected chi connectivity index (χ1v) is 4.05. The molecule has 2 rings (SSSR count). The minimum Gasteiger partial charge on any atom is -0.503 e. The van der Waals surface area contributed by atoms with Crippen molar-refractivity contribution >= 4 is 26.9 Å². The topological polar surface area (TPSA) is 33.4 Å². The highest BCUT2D eigenvalue weighted by Gasteiger charge is 2.13. The van der Waals surface area contributed by atoms with Crippen LogP contribution in [0.2, 0.25) is 0 Å². The molecular formula is C8H4BrFO2. The Hall–Kier alpha value is -1.03. The van der Waals surface area contributed by atoms with Crippen molar-refractivity contribution in [1.82, 2.24) is 0 Å². The summed E-state index contributed by atoms with van der Waals surface area (Å²) in [6.45, 7) is 0. The monoisotopic (exact) mass is 230 g/mol. The molecule has 0 radical (unpaired) electrons. The second kappa shape index (κ2) is 2.48. The number of rotatable bonds is 0. The molecule has 0 aliphatic heterocycles. The van der Waals surface area contributed by atoms with Gasteiger partial charge in [-0.05, 0) is 28.1 Å². The van der Waals surface area contributed by atoms with Gasteiger partial charge in [0.15, 0.2) is 5.75 Å². The van der Waals surface area contributed by atoms with Gasteiger partial charge in [0.2, 0.25) is 4.67 Å². The van der Waals surface area contributed by atoms with Crippen LogP contribution in [0.4, 0.5) is 4.39 Å². The smallest absolute Gasteiger partial charge is 0.212 e. The van der Waals surface area contributed by atoms with E-state index in [4.69, 9.17) is 4.42 Å². The zero-order valence-corrected chi connectivity index (χ0v) is 7.43. The van der Waals surface area contributed by atoms with Crippen LogP contribution >= 0.6 is 15.9 Å². The third kappa shape index (κ3) is 0.914. The second-order valence-corrected chi connectivity index (χ2v) is 3.06. The molecule has 0 aliphatic carbocycles. The molecule has 1 heterocycles. The van der Waals surface area contributed by atoms with Crippen LogP contribution in [0.3, 0.4) is 0 Å². The van der Waals surface area contributed by atoms with E-state index in [-0.39, 0.29) is 15.8 Å². The van der Waals surface area contributed by atoms with Crippen molar-refractivity contribution in [3.63, 3.8) is 0 Å². The van der Waals surface area contributed by atoms with Crippen molar-refractivity contribution in [3.8, 4) is 5.75 Å². The highest BCUT2D eigenvalue weighted by molar-refractivity contribution is 9.10. The number of benzene rings is 1. The van der Waals surface area contributed by atoms with Crippen molar-refractivity contribution in [2.24, 2.45) is 0 Å². The zero-order valence-electron chi connectivity index (χ0n) is 5.84. The van der Waals surface area contributed by atoms with E-state index >= 15 is 0 Å². The van der Waals surface area contributed by atoms with Gasteiger partial charge in [-0.1, -0.05) is 6.07 Å². The fourth-order valence-corrected chi connectivity index (χ4v) is 1.44. The van der Waals surface area contributed by atoms with E-state index in [2.05, 4.69) is 15.9 Å². The van der Waals surface area contributed by atoms with Crippen LogP contribution in [-0.4, -0.2) is 5.11 Å². The molecule has 0 fully saturated rings. The molecule has 62 valence electrons. The van der Waals surface area contributed by atoms with Crippen LogP contribution < -0.4 is 0 Å². The summed E-state index contributed by atoms with van der Waals surface area (Å²) in [5, 5.41) is 9.41. The number of hydrogen-bond donors (Lipinski definition) is 1. The van der Waals surface area contributed by atoms with Crippen molar-refractivity contribution in [3.05, 3.63) is 28.7 Å². The largest absolute Gasteiger partial charge is 0.503 e. The van der Waals surface area contributed by atoms with E-state index < -0.39 is 5.82 Å². The number of hydrogen-bond acceptors (Lipinski definition) is 2. The van der Waals surface area contributed by atoms with E-state index in [1.165, 1.54) is 12.1 Å². The molecule has 2 aromatic rings. The molecular weight excluding hydrogens is 227 g/mol. The van der Waals surface area contributed by atoms with Crippen molar-refractivity contribution < 1.29 is 13.9 Å². The lowest BCUT2D eigenvalue weighted by Gasteiger charge is -1.89. The number of aromatic hydroxyl groups is 1. The quantitative estimate of drug-likeness (QED) is 0.755. The average Bonchev–Trinajstić information content (AvgIpc) is 2.29. The van der Waals surface area contributed by atoms with Gasteiger partial charge in [0.25, 0.3) is 0 Å². The van der Waals surface area contributed by atoms with E-state index in [0.29, 0.717) is 5.58 Å². The highest BCUT2D eigenvalue weighted by atomic mass is 79.9. The lowest BCUT2D eigenvalue weighted by atomic mass is 10.2. The van der Waals surface area contributed by atoms with Gasteiger partial charge in [-0.2, -0.15) is 0 Å². The van der Waals surface area contributed by atoms with Gasteiger partial charge in [0, 0.05) is 0 Å². The highest BCUT2D eigenvalue weighted by Crippen LogP contribution is 2.36. The van der Waals surface area contributed by atoms with E-state index in [1.54, 1.807) is 6.07 Å². The minimum atomic E-state index is -0.487. The summed E-state index contributed by atoms with van der Waals surface area (Å²) in [5.74, 6) is -0.678. The summed E-state index contributed by atoms with van der Waals surface area (Å²) < 4.78 is 18.2. The molecule has 1 N–H and O–H groups in total. The average molecular weight is 231 g/mol. The Morgan fingerprint density at radius 3 is 2.83 bits per heavy atom. The molecule has 4 heteroatoms. The van der Waals surface area contributed by atoms with Gasteiger partial charge in [-0.3, -0.25) is 0 Å². The van der Waals surface area contributed by atoms with Crippen LogP contribution in [0.1, 0.15) is 0 Å². The van der Waals surface area contributed by atoms with E-state index in [0.717, 1.165) is 0 Å². The fourth-order valence-electron chi connectivity index (χ4n) is 1.06. The molecule has 0 saturated heterocycles. The minimum absolute atomic E-state index is 0.115. The van der Waals surface area contributed by atoms with Gasteiger partial charge in [0.05, 0.1) is 5.39 Å². The second-order valence-electron chi connectivity index (χ2n) is 2.34. The van der Waals surface area contributed by atoms with Crippen molar-refractivity contribution in [2.75, 3.05) is 0 Å². The summed E-state index contributed by atoms with van der Waals surface area (Å²) in [6.07, 6.45) is 0. The lowest BCUT2D eigenvalue weighted by Crippen LogP contribution is -1.72. The number of halogens is 2. The molecule has 0 spiro atoms. The van der Waals surface area contributed by atoms with Crippen molar-refractivity contribution in [1.29, 1.82) is 0 Å². The Balaban J connectivity index is 2.97. The Bertz CT molecular complexity index is 436. The van der Waals surface area contributed by atoms with Crippen LogP contribution in [0.5, 0.6) is 5.75 Å². The van der Waals surface area contributed by atoms with Gasteiger partial charge in [-0.15, -0.1) is 0 Å². The maximum absolute atomic E-state index is 13.0. The molecule has 0 aliphatic rings. The molecule has 0 bridgehead atoms. The molecule has 1 aromatic heterocycles. The maximum Gasteiger partial charge on any atom is 0.212 e. The van der Waals surface area contributed by atoms with Crippen LogP contribution in [0.15, 0.2) is 27.3 Å². The molecule has 1 aromatic carbocycles. The first-order chi connectivity index (χ1) is 5.70. The molecule has 0 atom stereocenters. The van der Waals surface area contributed by atoms with Gasteiger partial charge >= 0.3 is 0 Å². The lowest BCUT2D eigenvalue weighted by molar-refractivity contribution is 0.452. The molecule has 2 nitrogen and oxygen atoms in total. The van der Waals surface area contributed by atoms with Gasteiger partial charge in [0.1, 0.15) is 11.4 Å². The summed E-state index contributed by atoms with van der Waals surface area (Å²) >= 11 is 2.96. The molecule has 0 saturated carbocycles. The molecule has 0 amide bonds. The Morgan fingerprint density at radius 2 is 2.17 bits per heavy atom. The van der Waals surface area contributed by atoms with Crippen LogP contribution in [0.25, 0.3) is 11.0 Å². The standard InChI is InChI=1S/C8H4BrFO2/c9-8-7(11)6-4(10)2-1-3-5(6)12-8/h1-3,11H. The summed E-state index contributed by atoms with van der Waals surface area (Å²) in [7, 11) is 0. The van der Waals surface area contributed by atoms with Crippen LogP contribution in [0, 0.1) is 5.82 Å². The first kappa shape index (κ1) is 7.61. The third-order valence-corrected chi connectivity index (χ3v) is 2.14. The van der Waals surface area contributed by atoms with E-state index in [9.17, 15) is 9.50 Å². The molecule has 0 unspecified atom stereocenters. The van der Waals surface area contributed by atoms with Crippen molar-refractivity contribution in [2.45, 2.75) is 0 Å². The molecule has 12 heavy (non-hydrogen) atoms. The number of furan rings is 1. The summed E-state index contributed by atoms with van der Waals surface area (Å²) in [4.78, 5) is 0. The zero-order chi connectivity index (χ0) is 8.72. The Kier molecular flexibility index (Phi) is 1.58. The SMILES string of the molecule is Oc1c(Br)oc2cccc(F)c12. The Morgan fingerprint density at radius 1 is 1.42 bits per heavy atom. The van der Waals surface area contributed by atoms with Gasteiger partial charge in [-0.25, -0.2) is 4.39 Å². The summed E-state index contributed by atoms with van der Waals surface area (Å²) in [5.41, 5.74) is 0.333. The van der Waals surface area contributed by atoms with E-state index in [1.807, 2.05) is 0 Å².